The van der Waals surface area contributed by atoms with Gasteiger partial charge in [-0.2, -0.15) is 0 Å². The van der Waals surface area contributed by atoms with E-state index in [4.69, 9.17) is 20.0 Å². The number of rotatable bonds is 4. The highest BCUT2D eigenvalue weighted by Gasteiger charge is 2.35. The van der Waals surface area contributed by atoms with Crippen LogP contribution in [0.3, 0.4) is 0 Å². The number of carbonyl (C=O) groups is 2. The van der Waals surface area contributed by atoms with Gasteiger partial charge in [-0.25, -0.2) is 9.59 Å². The molecule has 0 bridgehead atoms. The summed E-state index contributed by atoms with van der Waals surface area (Å²) in [6, 6.07) is 0. The molecule has 0 saturated carbocycles. The lowest BCUT2D eigenvalue weighted by Gasteiger charge is -2.13. The highest BCUT2D eigenvalue weighted by molar-refractivity contribution is 7.52. The predicted molar refractivity (Wildman–Crippen MR) is 45.8 cm³/mol. The Labute approximate surface area is 84.0 Å². The molecule has 0 amide bonds. The molecular formula is C6H9O8P. The van der Waals surface area contributed by atoms with Crippen molar-refractivity contribution in [3.8, 4) is 0 Å². The maximum absolute atomic E-state index is 10.9. The lowest BCUT2D eigenvalue weighted by atomic mass is 10.2. The summed E-state index contributed by atoms with van der Waals surface area (Å²) >= 11 is 0. The number of carboxylic acid groups (broad SMARTS) is 1. The van der Waals surface area contributed by atoms with Crippen molar-refractivity contribution in [2.45, 2.75) is 5.85 Å². The smallest absolute Gasteiger partial charge is 0.358 e. The minimum absolute atomic E-state index is 0.176. The average Bonchev–Trinajstić information content (AvgIpc) is 2.10. The van der Waals surface area contributed by atoms with Crippen LogP contribution in [0.1, 0.15) is 0 Å². The molecule has 8 nitrogen and oxygen atoms in total. The quantitative estimate of drug-likeness (QED) is 0.269. The lowest BCUT2D eigenvalue weighted by Crippen LogP contribution is -2.20. The highest BCUT2D eigenvalue weighted by atomic mass is 31.2. The van der Waals surface area contributed by atoms with Gasteiger partial charge >= 0.3 is 19.5 Å². The van der Waals surface area contributed by atoms with Crippen molar-refractivity contribution in [1.82, 2.24) is 0 Å². The molecule has 0 heterocycles. The van der Waals surface area contributed by atoms with Crippen molar-refractivity contribution in [2.75, 3.05) is 7.11 Å². The van der Waals surface area contributed by atoms with Gasteiger partial charge in [0, 0.05) is 6.08 Å². The molecule has 0 rings (SSSR count). The van der Waals surface area contributed by atoms with Crippen molar-refractivity contribution >= 4 is 19.5 Å². The maximum atomic E-state index is 10.9. The largest absolute Gasteiger partial charge is 0.478 e. The molecule has 0 spiro atoms. The standard InChI is InChI=1S/C6H9O8P/c1-14-5(9)3(2-4(7)8)6(10)15(11,12)13/h2,6,10H,1H3,(H,7,8)(H2,11,12,13)/b3-2+. The summed E-state index contributed by atoms with van der Waals surface area (Å²) < 4.78 is 14.6. The number of ether oxygens (including phenoxy) is 1. The molecule has 1 atom stereocenters. The number of aliphatic hydroxyl groups is 1. The summed E-state index contributed by atoms with van der Waals surface area (Å²) in [5, 5.41) is 17.3. The molecule has 1 unspecified atom stereocenters. The van der Waals surface area contributed by atoms with Gasteiger partial charge in [0.1, 0.15) is 0 Å². The fourth-order valence-corrected chi connectivity index (χ4v) is 1.21. The molecule has 0 aliphatic heterocycles. The van der Waals surface area contributed by atoms with E-state index < -0.39 is 31.0 Å². The van der Waals surface area contributed by atoms with E-state index in [1.807, 2.05) is 0 Å². The third kappa shape index (κ3) is 4.22. The van der Waals surface area contributed by atoms with Crippen molar-refractivity contribution in [3.63, 3.8) is 0 Å². The Kier molecular flexibility index (Phi) is 4.63. The molecule has 0 fully saturated rings. The second-order valence-corrected chi connectivity index (χ2v) is 4.06. The monoisotopic (exact) mass is 240 g/mol. The molecule has 0 aromatic heterocycles. The van der Waals surface area contributed by atoms with Crippen LogP contribution in [0.25, 0.3) is 0 Å². The number of hydrogen-bond acceptors (Lipinski definition) is 5. The first-order valence-corrected chi connectivity index (χ1v) is 5.14. The summed E-state index contributed by atoms with van der Waals surface area (Å²) in [5.41, 5.74) is -1.02. The second-order valence-electron chi connectivity index (χ2n) is 2.39. The number of methoxy groups -OCH3 is 1. The van der Waals surface area contributed by atoms with Crippen LogP contribution in [0.5, 0.6) is 0 Å². The molecule has 0 aliphatic carbocycles. The van der Waals surface area contributed by atoms with E-state index in [2.05, 4.69) is 4.74 Å². The summed E-state index contributed by atoms with van der Waals surface area (Å²) in [6.45, 7) is 0. The van der Waals surface area contributed by atoms with Gasteiger partial charge in [0.2, 0.25) is 0 Å². The van der Waals surface area contributed by atoms with E-state index in [1.165, 1.54) is 0 Å². The van der Waals surface area contributed by atoms with Crippen molar-refractivity contribution < 1.29 is 38.9 Å². The van der Waals surface area contributed by atoms with Gasteiger partial charge in [0.25, 0.3) is 0 Å². The van der Waals surface area contributed by atoms with Crippen LogP contribution < -0.4 is 0 Å². The Hall–Kier alpha value is -1.21. The fraction of sp³-hybridized carbons (Fsp3) is 0.333. The minimum Gasteiger partial charge on any atom is -0.478 e. The lowest BCUT2D eigenvalue weighted by molar-refractivity contribution is -0.138. The van der Waals surface area contributed by atoms with Crippen molar-refractivity contribution in [2.24, 2.45) is 0 Å². The van der Waals surface area contributed by atoms with Crippen molar-refractivity contribution in [3.05, 3.63) is 11.6 Å². The number of esters is 1. The topological polar surface area (TPSA) is 141 Å². The first-order chi connectivity index (χ1) is 6.70. The molecule has 0 saturated heterocycles. The number of hydrogen-bond donors (Lipinski definition) is 4. The zero-order valence-corrected chi connectivity index (χ0v) is 8.42. The van der Waals surface area contributed by atoms with Gasteiger partial charge < -0.3 is 24.7 Å². The molecule has 0 radical (unpaired) electrons. The van der Waals surface area contributed by atoms with Gasteiger partial charge in [-0.15, -0.1) is 0 Å². The normalized spacial score (nSPS) is 14.5. The Balaban J connectivity index is 5.23. The number of aliphatic carboxylic acids is 1. The Morgan fingerprint density at radius 3 is 2.13 bits per heavy atom. The SMILES string of the molecule is COC(=O)/C(=C\C(=O)O)C(O)P(=O)(O)O. The highest BCUT2D eigenvalue weighted by Crippen LogP contribution is 2.43. The van der Waals surface area contributed by atoms with Crippen LogP contribution in [0.2, 0.25) is 0 Å². The van der Waals surface area contributed by atoms with Crippen LogP contribution >= 0.6 is 7.60 Å². The Morgan fingerprint density at radius 2 is 1.87 bits per heavy atom. The molecule has 0 aliphatic rings. The van der Waals surface area contributed by atoms with Gasteiger partial charge in [-0.05, 0) is 0 Å². The van der Waals surface area contributed by atoms with Crippen LogP contribution in [-0.2, 0) is 18.9 Å². The number of carboxylic acids is 1. The third-order valence-electron chi connectivity index (χ3n) is 1.30. The van der Waals surface area contributed by atoms with E-state index in [-0.39, 0.29) is 6.08 Å². The van der Waals surface area contributed by atoms with Crippen LogP contribution in [-0.4, -0.2) is 44.9 Å². The number of carbonyl (C=O) groups excluding carboxylic acids is 1. The second kappa shape index (κ2) is 5.04. The first kappa shape index (κ1) is 13.8. The molecule has 86 valence electrons. The van der Waals surface area contributed by atoms with Gasteiger partial charge in [0.15, 0.2) is 5.85 Å². The van der Waals surface area contributed by atoms with E-state index in [0.29, 0.717) is 0 Å². The molecular weight excluding hydrogens is 231 g/mol. The van der Waals surface area contributed by atoms with E-state index in [0.717, 1.165) is 7.11 Å². The fourth-order valence-electron chi connectivity index (χ4n) is 0.671. The minimum atomic E-state index is -5.01. The van der Waals surface area contributed by atoms with Crippen LogP contribution in [0, 0.1) is 0 Å². The van der Waals surface area contributed by atoms with Crippen LogP contribution in [0.4, 0.5) is 0 Å². The average molecular weight is 240 g/mol. The molecule has 0 aromatic carbocycles. The van der Waals surface area contributed by atoms with Crippen molar-refractivity contribution in [1.29, 1.82) is 0 Å². The zero-order valence-electron chi connectivity index (χ0n) is 7.52. The molecule has 0 aromatic rings. The van der Waals surface area contributed by atoms with E-state index in [1.54, 1.807) is 0 Å². The van der Waals surface area contributed by atoms with Crippen LogP contribution in [0.15, 0.2) is 11.6 Å². The summed E-state index contributed by atoms with van der Waals surface area (Å²) in [5.74, 6) is -5.47. The summed E-state index contributed by atoms with van der Waals surface area (Å²) in [7, 11) is -4.13. The van der Waals surface area contributed by atoms with E-state index in [9.17, 15) is 14.2 Å². The number of aliphatic hydroxyl groups excluding tert-OH is 1. The molecule has 9 heteroatoms. The van der Waals surface area contributed by atoms with Gasteiger partial charge in [-0.1, -0.05) is 0 Å². The van der Waals surface area contributed by atoms with E-state index >= 15 is 0 Å². The predicted octanol–water partition coefficient (Wildman–Crippen LogP) is -1.33. The Bertz CT molecular complexity index is 339. The first-order valence-electron chi connectivity index (χ1n) is 3.46. The summed E-state index contributed by atoms with van der Waals surface area (Å²) in [4.78, 5) is 38.2. The summed E-state index contributed by atoms with van der Waals surface area (Å²) in [6.07, 6.45) is 0.176. The third-order valence-corrected chi connectivity index (χ3v) is 2.21. The van der Waals surface area contributed by atoms with Gasteiger partial charge in [-0.3, -0.25) is 4.57 Å². The van der Waals surface area contributed by atoms with Gasteiger partial charge in [0.05, 0.1) is 12.7 Å². The zero-order chi connectivity index (χ0) is 12.2. The molecule has 15 heavy (non-hydrogen) atoms. The Morgan fingerprint density at radius 1 is 1.40 bits per heavy atom. The maximum Gasteiger partial charge on any atom is 0.358 e. The molecule has 4 N–H and O–H groups in total.